The van der Waals surface area contributed by atoms with Gasteiger partial charge in [-0.3, -0.25) is 9.78 Å². The zero-order chi connectivity index (χ0) is 13.1. The maximum Gasteiger partial charge on any atom is 0.226 e. The van der Waals surface area contributed by atoms with Crippen LogP contribution in [0.15, 0.2) is 18.5 Å². The number of nitrogens with one attached hydrogen (secondary N) is 1. The van der Waals surface area contributed by atoms with Crippen LogP contribution in [0.25, 0.3) is 0 Å². The number of hydrogen-bond donors (Lipinski definition) is 2. The minimum absolute atomic E-state index is 0.0662. The molecule has 17 heavy (non-hydrogen) atoms. The standard InChI is InChI=1S/C13H21N3O/c1-9-5-6-15-8-10(9)16-12(17)7-11(14)13(2,3)4/h5-6,8,11H,7,14H2,1-4H3,(H,16,17). The van der Waals surface area contributed by atoms with Crippen LogP contribution in [0.1, 0.15) is 32.8 Å². The molecule has 0 aliphatic carbocycles. The normalized spacial score (nSPS) is 13.2. The molecule has 4 heteroatoms. The molecule has 1 amide bonds. The average molecular weight is 235 g/mol. The van der Waals surface area contributed by atoms with E-state index in [0.717, 1.165) is 11.3 Å². The minimum Gasteiger partial charge on any atom is -0.327 e. The number of hydrogen-bond acceptors (Lipinski definition) is 3. The summed E-state index contributed by atoms with van der Waals surface area (Å²) in [6, 6.07) is 1.71. The minimum atomic E-state index is -0.153. The maximum absolute atomic E-state index is 11.8. The molecule has 0 aromatic carbocycles. The van der Waals surface area contributed by atoms with Gasteiger partial charge in [-0.25, -0.2) is 0 Å². The molecular weight excluding hydrogens is 214 g/mol. The van der Waals surface area contributed by atoms with Crippen molar-refractivity contribution in [3.63, 3.8) is 0 Å². The maximum atomic E-state index is 11.8. The van der Waals surface area contributed by atoms with Crippen LogP contribution in [0.4, 0.5) is 5.69 Å². The highest BCUT2D eigenvalue weighted by molar-refractivity contribution is 5.91. The van der Waals surface area contributed by atoms with Crippen LogP contribution in [-0.4, -0.2) is 16.9 Å². The summed E-state index contributed by atoms with van der Waals surface area (Å²) < 4.78 is 0. The van der Waals surface area contributed by atoms with Gasteiger partial charge >= 0.3 is 0 Å². The highest BCUT2D eigenvalue weighted by atomic mass is 16.1. The van der Waals surface area contributed by atoms with Crippen LogP contribution in [0, 0.1) is 12.3 Å². The SMILES string of the molecule is Cc1ccncc1NC(=O)CC(N)C(C)(C)C. The molecule has 1 unspecified atom stereocenters. The van der Waals surface area contributed by atoms with Gasteiger partial charge in [0.05, 0.1) is 11.9 Å². The Morgan fingerprint density at radius 1 is 1.53 bits per heavy atom. The van der Waals surface area contributed by atoms with Gasteiger partial charge in [-0.2, -0.15) is 0 Å². The predicted octanol–water partition coefficient (Wildman–Crippen LogP) is 2.09. The van der Waals surface area contributed by atoms with Gasteiger partial charge in [0.1, 0.15) is 0 Å². The number of aryl methyl sites for hydroxylation is 1. The summed E-state index contributed by atoms with van der Waals surface area (Å²) in [4.78, 5) is 15.8. The van der Waals surface area contributed by atoms with E-state index in [-0.39, 0.29) is 17.4 Å². The molecule has 0 saturated carbocycles. The molecular formula is C13H21N3O. The Balaban J connectivity index is 2.60. The van der Waals surface area contributed by atoms with E-state index in [1.54, 1.807) is 12.4 Å². The molecule has 0 radical (unpaired) electrons. The van der Waals surface area contributed by atoms with Gasteiger partial charge in [0.25, 0.3) is 0 Å². The number of carbonyl (C=O) groups is 1. The summed E-state index contributed by atoms with van der Waals surface area (Å²) in [6.07, 6.45) is 3.67. The molecule has 0 fully saturated rings. The van der Waals surface area contributed by atoms with Gasteiger partial charge in [0.15, 0.2) is 0 Å². The molecule has 0 bridgehead atoms. The van der Waals surface area contributed by atoms with Crippen LogP contribution in [0.2, 0.25) is 0 Å². The Morgan fingerprint density at radius 3 is 2.71 bits per heavy atom. The van der Waals surface area contributed by atoms with E-state index >= 15 is 0 Å². The van der Waals surface area contributed by atoms with E-state index in [0.29, 0.717) is 6.42 Å². The zero-order valence-corrected chi connectivity index (χ0v) is 10.9. The Morgan fingerprint density at radius 2 is 2.18 bits per heavy atom. The van der Waals surface area contributed by atoms with Crippen LogP contribution in [-0.2, 0) is 4.79 Å². The topological polar surface area (TPSA) is 68.0 Å². The molecule has 1 atom stereocenters. The molecule has 1 heterocycles. The Bertz CT molecular complexity index is 396. The average Bonchev–Trinajstić information content (AvgIpc) is 2.20. The van der Waals surface area contributed by atoms with Crippen LogP contribution in [0.3, 0.4) is 0 Å². The third-order valence-electron chi connectivity index (χ3n) is 2.83. The molecule has 94 valence electrons. The van der Waals surface area contributed by atoms with Gasteiger partial charge < -0.3 is 11.1 Å². The smallest absolute Gasteiger partial charge is 0.226 e. The summed E-state index contributed by atoms with van der Waals surface area (Å²) in [5, 5.41) is 2.83. The number of amides is 1. The summed E-state index contributed by atoms with van der Waals surface area (Å²) in [5.74, 6) is -0.0662. The fourth-order valence-corrected chi connectivity index (χ4v) is 1.30. The third kappa shape index (κ3) is 4.15. The molecule has 4 nitrogen and oxygen atoms in total. The third-order valence-corrected chi connectivity index (χ3v) is 2.83. The lowest BCUT2D eigenvalue weighted by atomic mass is 9.85. The lowest BCUT2D eigenvalue weighted by molar-refractivity contribution is -0.117. The first-order valence-electron chi connectivity index (χ1n) is 5.77. The summed E-state index contributed by atoms with van der Waals surface area (Å²) >= 11 is 0. The molecule has 0 spiro atoms. The first-order chi connectivity index (χ1) is 7.80. The first kappa shape index (κ1) is 13.6. The molecule has 0 saturated heterocycles. The van der Waals surface area contributed by atoms with Crippen molar-refractivity contribution in [3.05, 3.63) is 24.0 Å². The fourth-order valence-electron chi connectivity index (χ4n) is 1.30. The van der Waals surface area contributed by atoms with Gasteiger partial charge in [-0.15, -0.1) is 0 Å². The number of carbonyl (C=O) groups excluding carboxylic acids is 1. The summed E-state index contributed by atoms with van der Waals surface area (Å²) in [6.45, 7) is 8.02. The summed E-state index contributed by atoms with van der Waals surface area (Å²) in [5.41, 5.74) is 7.65. The lowest BCUT2D eigenvalue weighted by Crippen LogP contribution is -2.38. The van der Waals surface area contributed by atoms with Gasteiger partial charge in [-0.05, 0) is 24.0 Å². The van der Waals surface area contributed by atoms with Crippen molar-refractivity contribution in [2.75, 3.05) is 5.32 Å². The van der Waals surface area contributed by atoms with Crippen LogP contribution < -0.4 is 11.1 Å². The molecule has 1 rings (SSSR count). The van der Waals surface area contributed by atoms with E-state index in [1.807, 2.05) is 33.8 Å². The van der Waals surface area contributed by atoms with Crippen molar-refractivity contribution in [2.45, 2.75) is 40.2 Å². The Kier molecular flexibility index (Phi) is 4.23. The highest BCUT2D eigenvalue weighted by Crippen LogP contribution is 2.20. The van der Waals surface area contributed by atoms with E-state index in [4.69, 9.17) is 5.73 Å². The van der Waals surface area contributed by atoms with Gasteiger partial charge in [-0.1, -0.05) is 20.8 Å². The lowest BCUT2D eigenvalue weighted by Gasteiger charge is -2.26. The van der Waals surface area contributed by atoms with Crippen molar-refractivity contribution < 1.29 is 4.79 Å². The zero-order valence-electron chi connectivity index (χ0n) is 10.9. The van der Waals surface area contributed by atoms with Crippen molar-refractivity contribution >= 4 is 11.6 Å². The number of pyridine rings is 1. The van der Waals surface area contributed by atoms with Gasteiger partial charge in [0.2, 0.25) is 5.91 Å². The second kappa shape index (κ2) is 5.27. The number of nitrogens with two attached hydrogens (primary N) is 1. The second-order valence-corrected chi connectivity index (χ2v) is 5.42. The molecule has 0 aliphatic rings. The van der Waals surface area contributed by atoms with E-state index in [1.165, 1.54) is 0 Å². The van der Waals surface area contributed by atoms with Crippen molar-refractivity contribution in [1.29, 1.82) is 0 Å². The quantitative estimate of drug-likeness (QED) is 0.843. The van der Waals surface area contributed by atoms with E-state index in [9.17, 15) is 4.79 Å². The Labute approximate surface area is 103 Å². The molecule has 3 N–H and O–H groups in total. The van der Waals surface area contributed by atoms with Crippen LogP contribution in [0.5, 0.6) is 0 Å². The molecule has 0 aliphatic heterocycles. The van der Waals surface area contributed by atoms with E-state index in [2.05, 4.69) is 10.3 Å². The second-order valence-electron chi connectivity index (χ2n) is 5.42. The highest BCUT2D eigenvalue weighted by Gasteiger charge is 2.23. The number of anilines is 1. The van der Waals surface area contributed by atoms with E-state index < -0.39 is 0 Å². The predicted molar refractivity (Wildman–Crippen MR) is 69.7 cm³/mol. The first-order valence-corrected chi connectivity index (χ1v) is 5.77. The van der Waals surface area contributed by atoms with Gasteiger partial charge in [0, 0.05) is 18.7 Å². The van der Waals surface area contributed by atoms with Crippen molar-refractivity contribution in [2.24, 2.45) is 11.1 Å². The van der Waals surface area contributed by atoms with Crippen LogP contribution >= 0.6 is 0 Å². The Hall–Kier alpha value is -1.42. The monoisotopic (exact) mass is 235 g/mol. The number of rotatable bonds is 3. The summed E-state index contributed by atoms with van der Waals surface area (Å²) in [7, 11) is 0. The molecule has 1 aromatic heterocycles. The fraction of sp³-hybridized carbons (Fsp3) is 0.538. The molecule has 1 aromatic rings. The largest absolute Gasteiger partial charge is 0.327 e. The van der Waals surface area contributed by atoms with Crippen molar-refractivity contribution in [1.82, 2.24) is 4.98 Å². The van der Waals surface area contributed by atoms with Crippen molar-refractivity contribution in [3.8, 4) is 0 Å². The number of nitrogens with zero attached hydrogens (tertiary/aromatic N) is 1. The number of aromatic nitrogens is 1.